The lowest BCUT2D eigenvalue weighted by molar-refractivity contribution is -0.139. The van der Waals surface area contributed by atoms with Crippen molar-refractivity contribution < 1.29 is 17.6 Å². The van der Waals surface area contributed by atoms with Crippen LogP contribution >= 0.6 is 11.6 Å². The number of benzene rings is 1. The van der Waals surface area contributed by atoms with Crippen molar-refractivity contribution in [2.24, 2.45) is 5.73 Å². The van der Waals surface area contributed by atoms with Crippen molar-refractivity contribution in [1.82, 2.24) is 0 Å². The van der Waals surface area contributed by atoms with Gasteiger partial charge in [0.05, 0.1) is 17.5 Å². The molecule has 17 heavy (non-hydrogen) atoms. The van der Waals surface area contributed by atoms with Crippen LogP contribution in [0.5, 0.6) is 0 Å². The lowest BCUT2D eigenvalue weighted by Gasteiger charge is -2.11. The van der Waals surface area contributed by atoms with Gasteiger partial charge < -0.3 is 10.2 Å². The molecule has 0 amide bonds. The Morgan fingerprint density at radius 2 is 2.06 bits per heavy atom. The van der Waals surface area contributed by atoms with Gasteiger partial charge in [-0.05, 0) is 12.1 Å². The van der Waals surface area contributed by atoms with Gasteiger partial charge in [-0.15, -0.1) is 0 Å². The summed E-state index contributed by atoms with van der Waals surface area (Å²) in [7, 11) is 0. The number of hydrogen-bond donors (Lipinski definition) is 1. The van der Waals surface area contributed by atoms with Crippen molar-refractivity contribution in [2.75, 3.05) is 0 Å². The lowest BCUT2D eigenvalue weighted by Crippen LogP contribution is -2.19. The Morgan fingerprint density at radius 1 is 1.35 bits per heavy atom. The molecule has 0 radical (unpaired) electrons. The van der Waals surface area contributed by atoms with Crippen LogP contribution < -0.4 is 5.73 Å². The van der Waals surface area contributed by atoms with E-state index in [4.69, 9.17) is 21.8 Å². The Morgan fingerprint density at radius 3 is 2.65 bits per heavy atom. The second kappa shape index (κ2) is 4.23. The van der Waals surface area contributed by atoms with Crippen molar-refractivity contribution >= 4 is 22.6 Å². The number of nitrogens with two attached hydrogens (primary N) is 1. The Hall–Kier alpha value is -1.20. The third-order valence-electron chi connectivity index (χ3n) is 2.33. The van der Waals surface area contributed by atoms with Crippen LogP contribution in [0.3, 0.4) is 0 Å². The average Bonchev–Trinajstić information content (AvgIpc) is 2.60. The summed E-state index contributed by atoms with van der Waals surface area (Å²) in [4.78, 5) is 0. The van der Waals surface area contributed by atoms with Gasteiger partial charge in [0.1, 0.15) is 5.76 Å². The first-order valence-corrected chi connectivity index (χ1v) is 5.25. The summed E-state index contributed by atoms with van der Waals surface area (Å²) in [5.41, 5.74) is 5.80. The predicted molar refractivity (Wildman–Crippen MR) is 58.8 cm³/mol. The Labute approximate surface area is 100 Å². The van der Waals surface area contributed by atoms with Crippen molar-refractivity contribution in [1.29, 1.82) is 0 Å². The van der Waals surface area contributed by atoms with Crippen LogP contribution in [0.25, 0.3) is 11.0 Å². The Kier molecular flexibility index (Phi) is 3.05. The molecule has 1 aromatic heterocycles. The number of hydrogen-bond acceptors (Lipinski definition) is 2. The zero-order valence-corrected chi connectivity index (χ0v) is 9.35. The molecule has 6 heteroatoms. The maximum absolute atomic E-state index is 12.2. The zero-order valence-electron chi connectivity index (χ0n) is 8.59. The third kappa shape index (κ3) is 2.73. The standard InChI is InChI=1S/C11H9ClF3NO/c12-7-3-1-2-6-4-9(17-10(6)7)8(16)5-11(13,14)15/h1-4,8H,5,16H2. The first-order valence-electron chi connectivity index (χ1n) is 4.87. The van der Waals surface area contributed by atoms with E-state index in [1.54, 1.807) is 18.2 Å². The van der Waals surface area contributed by atoms with Gasteiger partial charge in [0, 0.05) is 5.39 Å². The number of para-hydroxylation sites is 1. The fraction of sp³-hybridized carbons (Fsp3) is 0.273. The third-order valence-corrected chi connectivity index (χ3v) is 2.63. The van der Waals surface area contributed by atoms with E-state index >= 15 is 0 Å². The quantitative estimate of drug-likeness (QED) is 0.888. The SMILES string of the molecule is NC(CC(F)(F)F)c1cc2cccc(Cl)c2o1. The Balaban J connectivity index is 2.34. The van der Waals surface area contributed by atoms with Crippen LogP contribution in [0.4, 0.5) is 13.2 Å². The van der Waals surface area contributed by atoms with E-state index in [1.165, 1.54) is 6.07 Å². The molecule has 1 atom stereocenters. The molecular formula is C11H9ClF3NO. The van der Waals surface area contributed by atoms with E-state index in [9.17, 15) is 13.2 Å². The number of halogens is 4. The summed E-state index contributed by atoms with van der Waals surface area (Å²) in [5, 5.41) is 0.998. The molecule has 0 bridgehead atoms. The summed E-state index contributed by atoms with van der Waals surface area (Å²) in [6.07, 6.45) is -5.44. The number of alkyl halides is 3. The van der Waals surface area contributed by atoms with Gasteiger partial charge in [0.2, 0.25) is 0 Å². The first kappa shape index (κ1) is 12.3. The Bertz CT molecular complexity index is 535. The molecule has 1 heterocycles. The topological polar surface area (TPSA) is 39.2 Å². The number of rotatable bonds is 2. The lowest BCUT2D eigenvalue weighted by atomic mass is 10.1. The van der Waals surface area contributed by atoms with E-state index < -0.39 is 18.6 Å². The summed E-state index contributed by atoms with van der Waals surface area (Å²) in [5.74, 6) is 0.0884. The maximum Gasteiger partial charge on any atom is 0.391 e. The van der Waals surface area contributed by atoms with Gasteiger partial charge in [-0.25, -0.2) is 0 Å². The van der Waals surface area contributed by atoms with Crippen molar-refractivity contribution in [2.45, 2.75) is 18.6 Å². The largest absolute Gasteiger partial charge is 0.458 e. The van der Waals surface area contributed by atoms with Gasteiger partial charge in [-0.1, -0.05) is 23.7 Å². The minimum atomic E-state index is -4.32. The van der Waals surface area contributed by atoms with Crippen LogP contribution in [-0.4, -0.2) is 6.18 Å². The summed E-state index contributed by atoms with van der Waals surface area (Å²) in [6, 6.07) is 5.27. The van der Waals surface area contributed by atoms with Crippen LogP contribution in [-0.2, 0) is 0 Å². The van der Waals surface area contributed by atoms with Crippen molar-refractivity contribution in [3.05, 3.63) is 35.0 Å². The van der Waals surface area contributed by atoms with Gasteiger partial charge >= 0.3 is 6.18 Å². The molecule has 0 spiro atoms. The van der Waals surface area contributed by atoms with E-state index in [-0.39, 0.29) is 5.76 Å². The highest BCUT2D eigenvalue weighted by molar-refractivity contribution is 6.34. The summed E-state index contributed by atoms with van der Waals surface area (Å²) in [6.45, 7) is 0. The molecule has 92 valence electrons. The van der Waals surface area contributed by atoms with Crippen LogP contribution in [0.15, 0.2) is 28.7 Å². The summed E-state index contributed by atoms with van der Waals surface area (Å²) >= 11 is 5.85. The molecule has 1 unspecified atom stereocenters. The van der Waals surface area contributed by atoms with Crippen LogP contribution in [0.1, 0.15) is 18.2 Å². The van der Waals surface area contributed by atoms with Gasteiger partial charge in [0.15, 0.2) is 5.58 Å². The summed E-state index contributed by atoms with van der Waals surface area (Å²) < 4.78 is 41.8. The molecule has 2 nitrogen and oxygen atoms in total. The number of furan rings is 1. The molecule has 2 N–H and O–H groups in total. The highest BCUT2D eigenvalue weighted by Gasteiger charge is 2.32. The molecule has 0 aliphatic heterocycles. The minimum absolute atomic E-state index is 0.0884. The fourth-order valence-electron chi connectivity index (χ4n) is 1.58. The predicted octanol–water partition coefficient (Wildman–Crippen LogP) is 4.04. The normalized spacial score (nSPS) is 14.2. The molecule has 2 rings (SSSR count). The molecular weight excluding hydrogens is 255 g/mol. The average molecular weight is 264 g/mol. The first-order chi connectivity index (χ1) is 7.87. The van der Waals surface area contributed by atoms with E-state index in [0.29, 0.717) is 16.0 Å². The van der Waals surface area contributed by atoms with Crippen molar-refractivity contribution in [3.8, 4) is 0 Å². The second-order valence-electron chi connectivity index (χ2n) is 3.73. The zero-order chi connectivity index (χ0) is 12.6. The smallest absolute Gasteiger partial charge is 0.391 e. The highest BCUT2D eigenvalue weighted by atomic mass is 35.5. The monoisotopic (exact) mass is 263 g/mol. The van der Waals surface area contributed by atoms with E-state index in [2.05, 4.69) is 0 Å². The van der Waals surface area contributed by atoms with Crippen LogP contribution in [0, 0.1) is 0 Å². The van der Waals surface area contributed by atoms with Gasteiger partial charge in [-0.2, -0.15) is 13.2 Å². The van der Waals surface area contributed by atoms with E-state index in [0.717, 1.165) is 0 Å². The van der Waals surface area contributed by atoms with Crippen molar-refractivity contribution in [3.63, 3.8) is 0 Å². The molecule has 0 aliphatic carbocycles. The highest BCUT2D eigenvalue weighted by Crippen LogP contribution is 2.33. The molecule has 0 aliphatic rings. The van der Waals surface area contributed by atoms with Gasteiger partial charge in [0.25, 0.3) is 0 Å². The van der Waals surface area contributed by atoms with Gasteiger partial charge in [-0.3, -0.25) is 0 Å². The molecule has 2 aromatic rings. The maximum atomic E-state index is 12.2. The van der Waals surface area contributed by atoms with Crippen LogP contribution in [0.2, 0.25) is 5.02 Å². The molecule has 0 saturated carbocycles. The second-order valence-corrected chi connectivity index (χ2v) is 4.14. The molecule has 1 aromatic carbocycles. The number of fused-ring (bicyclic) bond motifs is 1. The molecule has 0 fully saturated rings. The minimum Gasteiger partial charge on any atom is -0.458 e. The van der Waals surface area contributed by atoms with E-state index in [1.807, 2.05) is 0 Å². The fourth-order valence-corrected chi connectivity index (χ4v) is 1.80. The molecule has 0 saturated heterocycles.